The molecule has 1 atom stereocenters. The predicted molar refractivity (Wildman–Crippen MR) is 122 cm³/mol. The molecule has 34 heavy (non-hydrogen) atoms. The van der Waals surface area contributed by atoms with E-state index >= 15 is 0 Å². The third kappa shape index (κ3) is 4.77. The molecule has 1 aliphatic heterocycles. The second-order valence-electron chi connectivity index (χ2n) is 9.14. The number of oxazole rings is 1. The van der Waals surface area contributed by atoms with E-state index in [2.05, 4.69) is 9.97 Å². The molecule has 0 N–H and O–H groups in total. The highest BCUT2D eigenvalue weighted by molar-refractivity contribution is 6.33. The summed E-state index contributed by atoms with van der Waals surface area (Å²) in [6, 6.07) is 6.02. The van der Waals surface area contributed by atoms with E-state index in [1.165, 1.54) is 12.3 Å². The zero-order valence-electron chi connectivity index (χ0n) is 19.1. The van der Waals surface area contributed by atoms with Crippen molar-refractivity contribution in [2.75, 3.05) is 24.5 Å². The number of pyridine rings is 1. The average Bonchev–Trinajstić information content (AvgIpc) is 3.15. The zero-order chi connectivity index (χ0) is 24.8. The first-order chi connectivity index (χ1) is 15.8. The van der Waals surface area contributed by atoms with Crippen LogP contribution in [0.1, 0.15) is 33.3 Å². The van der Waals surface area contributed by atoms with E-state index < -0.39 is 28.5 Å². The van der Waals surface area contributed by atoms with E-state index in [9.17, 15) is 18.0 Å². The van der Waals surface area contributed by atoms with Crippen LogP contribution in [0.4, 0.5) is 24.0 Å². The standard InChI is InChI=1S/C23H24ClF3N4O3/c1-13-12-30(21(32)34-22(2,3)4)9-10-31(13)20-29-18-17(23(25,26)27)15(24)11-14(19(18)33-20)16-7-5-6-8-28-16/h5-8,11,13H,9-10,12H2,1-4H3/t13-/m1/s1. The molecular weight excluding hydrogens is 473 g/mol. The summed E-state index contributed by atoms with van der Waals surface area (Å²) in [6.07, 6.45) is -3.64. The number of alkyl halides is 3. The van der Waals surface area contributed by atoms with E-state index in [1.807, 2.05) is 6.92 Å². The number of carbonyl (C=O) groups is 1. The number of ether oxygens (including phenoxy) is 1. The Labute approximate surface area is 199 Å². The van der Waals surface area contributed by atoms with Crippen LogP contribution >= 0.6 is 11.6 Å². The summed E-state index contributed by atoms with van der Waals surface area (Å²) < 4.78 is 52.9. The van der Waals surface area contributed by atoms with Crippen LogP contribution in [0.3, 0.4) is 0 Å². The molecule has 11 heteroatoms. The molecular formula is C23H24ClF3N4O3. The van der Waals surface area contributed by atoms with Crippen molar-refractivity contribution in [2.45, 2.75) is 45.5 Å². The fourth-order valence-electron chi connectivity index (χ4n) is 3.88. The van der Waals surface area contributed by atoms with Crippen molar-refractivity contribution in [1.82, 2.24) is 14.9 Å². The molecule has 3 aromatic rings. The molecule has 1 aliphatic rings. The summed E-state index contributed by atoms with van der Waals surface area (Å²) >= 11 is 6.07. The van der Waals surface area contributed by atoms with E-state index in [-0.39, 0.29) is 23.2 Å². The van der Waals surface area contributed by atoms with E-state index in [0.29, 0.717) is 30.9 Å². The Balaban J connectivity index is 1.73. The van der Waals surface area contributed by atoms with Gasteiger partial charge in [0.2, 0.25) is 0 Å². The van der Waals surface area contributed by atoms with Crippen LogP contribution < -0.4 is 4.90 Å². The molecule has 3 heterocycles. The number of benzene rings is 1. The first-order valence-corrected chi connectivity index (χ1v) is 11.1. The molecule has 0 bridgehead atoms. The summed E-state index contributed by atoms with van der Waals surface area (Å²) in [5, 5.41) is -0.483. The van der Waals surface area contributed by atoms with Gasteiger partial charge in [-0.05, 0) is 45.9 Å². The Hall–Kier alpha value is -3.01. The van der Waals surface area contributed by atoms with Gasteiger partial charge in [0, 0.05) is 37.4 Å². The third-order valence-electron chi connectivity index (χ3n) is 5.36. The number of carbonyl (C=O) groups excluding carboxylic acids is 1. The van der Waals surface area contributed by atoms with Crippen LogP contribution in [0.2, 0.25) is 5.02 Å². The van der Waals surface area contributed by atoms with Crippen LogP contribution in [-0.2, 0) is 10.9 Å². The number of halogens is 4. The van der Waals surface area contributed by atoms with Crippen molar-refractivity contribution < 1.29 is 27.1 Å². The number of nitrogens with zero attached hydrogens (tertiary/aromatic N) is 4. The average molecular weight is 497 g/mol. The molecule has 2 aromatic heterocycles. The smallest absolute Gasteiger partial charge is 0.420 e. The minimum atomic E-state index is -4.73. The Kier molecular flexibility index (Phi) is 6.14. The molecule has 1 amide bonds. The normalized spacial score (nSPS) is 17.4. The molecule has 1 aromatic carbocycles. The van der Waals surface area contributed by atoms with E-state index in [0.717, 1.165) is 0 Å². The van der Waals surface area contributed by atoms with Crippen LogP contribution in [0, 0.1) is 0 Å². The van der Waals surface area contributed by atoms with Crippen molar-refractivity contribution >= 4 is 34.8 Å². The van der Waals surface area contributed by atoms with Gasteiger partial charge < -0.3 is 19.0 Å². The minimum Gasteiger partial charge on any atom is -0.444 e. The fourth-order valence-corrected chi connectivity index (χ4v) is 4.18. The second-order valence-corrected chi connectivity index (χ2v) is 9.54. The van der Waals surface area contributed by atoms with Crippen molar-refractivity contribution in [3.63, 3.8) is 0 Å². The molecule has 0 aliphatic carbocycles. The molecule has 7 nitrogen and oxygen atoms in total. The number of rotatable bonds is 2. The lowest BCUT2D eigenvalue weighted by Gasteiger charge is -2.39. The maximum absolute atomic E-state index is 13.9. The summed E-state index contributed by atoms with van der Waals surface area (Å²) in [5.74, 6) is 0. The van der Waals surface area contributed by atoms with Gasteiger partial charge in [-0.2, -0.15) is 18.2 Å². The van der Waals surface area contributed by atoms with Gasteiger partial charge in [0.05, 0.1) is 10.7 Å². The van der Waals surface area contributed by atoms with Crippen LogP contribution in [0.5, 0.6) is 0 Å². The maximum atomic E-state index is 13.9. The van der Waals surface area contributed by atoms with Gasteiger partial charge >= 0.3 is 12.3 Å². The predicted octanol–water partition coefficient (Wildman–Crippen LogP) is 6.01. The largest absolute Gasteiger partial charge is 0.444 e. The topological polar surface area (TPSA) is 71.7 Å². The lowest BCUT2D eigenvalue weighted by atomic mass is 10.1. The Morgan fingerprint density at radius 1 is 1.24 bits per heavy atom. The van der Waals surface area contributed by atoms with E-state index in [1.54, 1.807) is 48.8 Å². The number of hydrogen-bond acceptors (Lipinski definition) is 6. The first kappa shape index (κ1) is 24.1. The van der Waals surface area contributed by atoms with Crippen molar-refractivity contribution in [3.05, 3.63) is 41.0 Å². The summed E-state index contributed by atoms with van der Waals surface area (Å²) in [4.78, 5) is 24.2. The Bertz CT molecular complexity index is 1210. The highest BCUT2D eigenvalue weighted by Crippen LogP contribution is 2.44. The maximum Gasteiger partial charge on any atom is 0.420 e. The molecule has 0 saturated carbocycles. The summed E-state index contributed by atoms with van der Waals surface area (Å²) in [5.41, 5.74) is -1.39. The number of hydrogen-bond donors (Lipinski definition) is 0. The molecule has 1 saturated heterocycles. The molecule has 0 unspecified atom stereocenters. The first-order valence-electron chi connectivity index (χ1n) is 10.7. The van der Waals surface area contributed by atoms with Gasteiger partial charge in [0.25, 0.3) is 6.01 Å². The highest BCUT2D eigenvalue weighted by atomic mass is 35.5. The number of amides is 1. The van der Waals surface area contributed by atoms with Gasteiger partial charge in [-0.3, -0.25) is 4.98 Å². The van der Waals surface area contributed by atoms with Crippen molar-refractivity contribution in [2.24, 2.45) is 0 Å². The van der Waals surface area contributed by atoms with Gasteiger partial charge in [-0.25, -0.2) is 4.79 Å². The Morgan fingerprint density at radius 3 is 2.56 bits per heavy atom. The second kappa shape index (κ2) is 8.65. The van der Waals surface area contributed by atoms with Gasteiger partial charge in [-0.1, -0.05) is 17.7 Å². The number of anilines is 1. The molecule has 1 fully saturated rings. The Morgan fingerprint density at radius 2 is 1.97 bits per heavy atom. The minimum absolute atomic E-state index is 0.0243. The SMILES string of the molecule is C[C@@H]1CN(C(=O)OC(C)(C)C)CCN1c1nc2c(C(F)(F)F)c(Cl)cc(-c3ccccn3)c2o1. The third-order valence-corrected chi connectivity index (χ3v) is 5.65. The fraction of sp³-hybridized carbons (Fsp3) is 0.435. The number of piperazine rings is 1. The van der Waals surface area contributed by atoms with Crippen LogP contribution in [0.25, 0.3) is 22.4 Å². The van der Waals surface area contributed by atoms with Gasteiger partial charge in [0.15, 0.2) is 5.58 Å². The summed E-state index contributed by atoms with van der Waals surface area (Å²) in [7, 11) is 0. The van der Waals surface area contributed by atoms with Crippen LogP contribution in [0.15, 0.2) is 34.9 Å². The molecule has 0 spiro atoms. The molecule has 0 radical (unpaired) electrons. The number of fused-ring (bicyclic) bond motifs is 1. The van der Waals surface area contributed by atoms with Crippen molar-refractivity contribution in [1.29, 1.82) is 0 Å². The molecule has 182 valence electrons. The number of aromatic nitrogens is 2. The zero-order valence-corrected chi connectivity index (χ0v) is 19.9. The van der Waals surface area contributed by atoms with Crippen LogP contribution in [-0.4, -0.2) is 52.2 Å². The quantitative estimate of drug-likeness (QED) is 0.433. The highest BCUT2D eigenvalue weighted by Gasteiger charge is 2.39. The monoisotopic (exact) mass is 496 g/mol. The van der Waals surface area contributed by atoms with Gasteiger partial charge in [-0.15, -0.1) is 0 Å². The molecule has 4 rings (SSSR count). The van der Waals surface area contributed by atoms with Gasteiger partial charge in [0.1, 0.15) is 16.7 Å². The lowest BCUT2D eigenvalue weighted by Crippen LogP contribution is -2.54. The van der Waals surface area contributed by atoms with Crippen molar-refractivity contribution in [3.8, 4) is 11.3 Å². The summed E-state index contributed by atoms with van der Waals surface area (Å²) in [6.45, 7) is 8.10. The van der Waals surface area contributed by atoms with E-state index in [4.69, 9.17) is 20.8 Å². The lowest BCUT2D eigenvalue weighted by molar-refractivity contribution is -0.136.